The SMILES string of the molecule is CC(C)N(CC(O)COc1ccc(C#N)cc1)CC1CC1. The summed E-state index contributed by atoms with van der Waals surface area (Å²) >= 11 is 0. The molecule has 2 rings (SSSR count). The van der Waals surface area contributed by atoms with Crippen LogP contribution in [0.15, 0.2) is 24.3 Å². The van der Waals surface area contributed by atoms with E-state index in [1.54, 1.807) is 24.3 Å². The van der Waals surface area contributed by atoms with Gasteiger partial charge in [-0.25, -0.2) is 0 Å². The maximum atomic E-state index is 10.1. The van der Waals surface area contributed by atoms with Gasteiger partial charge in [0.05, 0.1) is 11.6 Å². The molecular formula is C17H24N2O2. The molecule has 1 aliphatic carbocycles. The van der Waals surface area contributed by atoms with E-state index in [0.717, 1.165) is 12.5 Å². The Morgan fingerprint density at radius 3 is 2.52 bits per heavy atom. The van der Waals surface area contributed by atoms with Crippen molar-refractivity contribution < 1.29 is 9.84 Å². The molecule has 0 radical (unpaired) electrons. The number of aliphatic hydroxyl groups is 1. The van der Waals surface area contributed by atoms with Crippen LogP contribution in [0.25, 0.3) is 0 Å². The maximum Gasteiger partial charge on any atom is 0.119 e. The first-order valence-electron chi connectivity index (χ1n) is 7.63. The van der Waals surface area contributed by atoms with Gasteiger partial charge < -0.3 is 9.84 Å². The zero-order chi connectivity index (χ0) is 15.2. The number of rotatable bonds is 8. The summed E-state index contributed by atoms with van der Waals surface area (Å²) in [6.07, 6.45) is 2.14. The fourth-order valence-electron chi connectivity index (χ4n) is 2.27. The lowest BCUT2D eigenvalue weighted by Gasteiger charge is -2.28. The molecule has 1 aromatic carbocycles. The molecule has 0 aromatic heterocycles. The van der Waals surface area contributed by atoms with Crippen molar-refractivity contribution in [2.75, 3.05) is 19.7 Å². The van der Waals surface area contributed by atoms with Crippen molar-refractivity contribution in [2.24, 2.45) is 5.92 Å². The fourth-order valence-corrected chi connectivity index (χ4v) is 2.27. The number of benzene rings is 1. The second-order valence-electron chi connectivity index (χ2n) is 6.09. The average Bonchev–Trinajstić information content (AvgIpc) is 3.29. The second kappa shape index (κ2) is 7.44. The number of ether oxygens (including phenoxy) is 1. The predicted octanol–water partition coefficient (Wildman–Crippen LogP) is 2.42. The largest absolute Gasteiger partial charge is 0.491 e. The summed E-state index contributed by atoms with van der Waals surface area (Å²) in [5.41, 5.74) is 0.610. The highest BCUT2D eigenvalue weighted by Gasteiger charge is 2.26. The van der Waals surface area contributed by atoms with Crippen molar-refractivity contribution in [1.82, 2.24) is 4.90 Å². The molecule has 0 aliphatic heterocycles. The molecule has 1 aromatic rings. The summed E-state index contributed by atoms with van der Waals surface area (Å²) in [6, 6.07) is 9.46. The minimum absolute atomic E-state index is 0.278. The van der Waals surface area contributed by atoms with Crippen molar-refractivity contribution in [3.63, 3.8) is 0 Å². The third kappa shape index (κ3) is 5.37. The Morgan fingerprint density at radius 2 is 2.00 bits per heavy atom. The van der Waals surface area contributed by atoms with Crippen LogP contribution in [0.1, 0.15) is 32.3 Å². The van der Waals surface area contributed by atoms with Gasteiger partial charge in [0.15, 0.2) is 0 Å². The molecule has 0 bridgehead atoms. The third-order valence-corrected chi connectivity index (χ3v) is 3.79. The molecule has 114 valence electrons. The van der Waals surface area contributed by atoms with Crippen LogP contribution in [-0.2, 0) is 0 Å². The average molecular weight is 288 g/mol. The molecule has 1 aliphatic rings. The van der Waals surface area contributed by atoms with E-state index >= 15 is 0 Å². The van der Waals surface area contributed by atoms with Crippen LogP contribution in [0.2, 0.25) is 0 Å². The normalized spacial score (nSPS) is 16.0. The summed E-state index contributed by atoms with van der Waals surface area (Å²) < 4.78 is 5.58. The van der Waals surface area contributed by atoms with E-state index in [0.29, 0.717) is 23.9 Å². The molecular weight excluding hydrogens is 264 g/mol. The summed E-state index contributed by atoms with van der Waals surface area (Å²) in [5, 5.41) is 18.9. The lowest BCUT2D eigenvalue weighted by molar-refractivity contribution is 0.0556. The van der Waals surface area contributed by atoms with Gasteiger partial charge in [-0.1, -0.05) is 0 Å². The summed E-state index contributed by atoms with van der Waals surface area (Å²) in [7, 11) is 0. The van der Waals surface area contributed by atoms with Crippen LogP contribution in [0, 0.1) is 17.2 Å². The Balaban J connectivity index is 1.76. The van der Waals surface area contributed by atoms with Crippen LogP contribution in [-0.4, -0.2) is 41.8 Å². The van der Waals surface area contributed by atoms with E-state index in [1.807, 2.05) is 0 Å². The molecule has 1 N–H and O–H groups in total. The summed E-state index contributed by atoms with van der Waals surface area (Å²) in [5.74, 6) is 1.50. The van der Waals surface area contributed by atoms with Gasteiger partial charge in [-0.2, -0.15) is 5.26 Å². The first-order valence-corrected chi connectivity index (χ1v) is 7.63. The highest BCUT2D eigenvalue weighted by Crippen LogP contribution is 2.30. The highest BCUT2D eigenvalue weighted by molar-refractivity contribution is 5.34. The number of nitriles is 1. The van der Waals surface area contributed by atoms with Crippen molar-refractivity contribution in [2.45, 2.75) is 38.8 Å². The van der Waals surface area contributed by atoms with E-state index in [2.05, 4.69) is 24.8 Å². The lowest BCUT2D eigenvalue weighted by Crippen LogP contribution is -2.40. The zero-order valence-electron chi connectivity index (χ0n) is 12.8. The van der Waals surface area contributed by atoms with Gasteiger partial charge in [-0.15, -0.1) is 0 Å². The van der Waals surface area contributed by atoms with E-state index in [4.69, 9.17) is 10.00 Å². The molecule has 0 heterocycles. The summed E-state index contributed by atoms with van der Waals surface area (Å²) in [4.78, 5) is 2.32. The standard InChI is InChI=1S/C17H24N2O2/c1-13(2)19(10-15-3-4-15)11-16(20)12-21-17-7-5-14(9-18)6-8-17/h5-8,13,15-16,20H,3-4,10-12H2,1-2H3. The Hall–Kier alpha value is -1.57. The minimum atomic E-state index is -0.498. The summed E-state index contributed by atoms with van der Waals surface area (Å²) in [6.45, 7) is 6.32. The van der Waals surface area contributed by atoms with E-state index in [-0.39, 0.29) is 6.61 Å². The predicted molar refractivity (Wildman–Crippen MR) is 82.1 cm³/mol. The number of aliphatic hydroxyl groups excluding tert-OH is 1. The molecule has 0 amide bonds. The quantitative estimate of drug-likeness (QED) is 0.798. The first-order chi connectivity index (χ1) is 10.1. The van der Waals surface area contributed by atoms with Crippen molar-refractivity contribution in [3.05, 3.63) is 29.8 Å². The van der Waals surface area contributed by atoms with Gasteiger partial charge in [0.2, 0.25) is 0 Å². The molecule has 0 spiro atoms. The Kier molecular flexibility index (Phi) is 5.60. The zero-order valence-corrected chi connectivity index (χ0v) is 12.8. The first kappa shape index (κ1) is 15.8. The van der Waals surface area contributed by atoms with Crippen LogP contribution in [0.4, 0.5) is 0 Å². The third-order valence-electron chi connectivity index (χ3n) is 3.79. The van der Waals surface area contributed by atoms with Gasteiger partial charge in [-0.3, -0.25) is 4.90 Å². The molecule has 0 saturated heterocycles. The highest BCUT2D eigenvalue weighted by atomic mass is 16.5. The molecule has 21 heavy (non-hydrogen) atoms. The van der Waals surface area contributed by atoms with Crippen LogP contribution < -0.4 is 4.74 Å². The Labute approximate surface area is 127 Å². The van der Waals surface area contributed by atoms with Crippen molar-refractivity contribution in [3.8, 4) is 11.8 Å². The minimum Gasteiger partial charge on any atom is -0.491 e. The van der Waals surface area contributed by atoms with Gasteiger partial charge in [0, 0.05) is 19.1 Å². The molecule has 1 unspecified atom stereocenters. The lowest BCUT2D eigenvalue weighted by atomic mass is 10.2. The van der Waals surface area contributed by atoms with Gasteiger partial charge in [0.25, 0.3) is 0 Å². The van der Waals surface area contributed by atoms with E-state index in [1.165, 1.54) is 12.8 Å². The molecule has 4 heteroatoms. The van der Waals surface area contributed by atoms with Gasteiger partial charge in [-0.05, 0) is 56.9 Å². The number of hydrogen-bond donors (Lipinski definition) is 1. The number of hydrogen-bond acceptors (Lipinski definition) is 4. The molecule has 1 saturated carbocycles. The van der Waals surface area contributed by atoms with Gasteiger partial charge in [0.1, 0.15) is 18.5 Å². The van der Waals surface area contributed by atoms with Crippen LogP contribution in [0.3, 0.4) is 0 Å². The second-order valence-corrected chi connectivity index (χ2v) is 6.09. The maximum absolute atomic E-state index is 10.1. The van der Waals surface area contributed by atoms with Crippen LogP contribution in [0.5, 0.6) is 5.75 Å². The Bertz CT molecular complexity index is 475. The van der Waals surface area contributed by atoms with Gasteiger partial charge >= 0.3 is 0 Å². The fraction of sp³-hybridized carbons (Fsp3) is 0.588. The number of nitrogens with zero attached hydrogens (tertiary/aromatic N) is 2. The smallest absolute Gasteiger partial charge is 0.119 e. The van der Waals surface area contributed by atoms with Crippen LogP contribution >= 0.6 is 0 Å². The van der Waals surface area contributed by atoms with Crippen molar-refractivity contribution in [1.29, 1.82) is 5.26 Å². The Morgan fingerprint density at radius 1 is 1.33 bits per heavy atom. The van der Waals surface area contributed by atoms with E-state index in [9.17, 15) is 5.11 Å². The van der Waals surface area contributed by atoms with E-state index < -0.39 is 6.10 Å². The topological polar surface area (TPSA) is 56.5 Å². The van der Waals surface area contributed by atoms with Crippen molar-refractivity contribution >= 4 is 0 Å². The molecule has 1 fully saturated rings. The monoisotopic (exact) mass is 288 g/mol. The molecule has 1 atom stereocenters. The molecule has 4 nitrogen and oxygen atoms in total.